The second-order valence-electron chi connectivity index (χ2n) is 2.24. The van der Waals surface area contributed by atoms with Crippen LogP contribution < -0.4 is 5.84 Å². The van der Waals surface area contributed by atoms with Gasteiger partial charge >= 0.3 is 0 Å². The Hall–Kier alpha value is -1.91. The van der Waals surface area contributed by atoms with Crippen LogP contribution in [-0.2, 0) is 0 Å². The normalized spacial score (nSPS) is 12.2. The van der Waals surface area contributed by atoms with Gasteiger partial charge in [0.15, 0.2) is 0 Å². The van der Waals surface area contributed by atoms with Gasteiger partial charge in [-0.1, -0.05) is 17.3 Å². The van der Waals surface area contributed by atoms with E-state index in [0.29, 0.717) is 0 Å². The average molecular weight is 181 g/mol. The molecule has 0 aliphatic carbocycles. The van der Waals surface area contributed by atoms with Crippen LogP contribution in [0, 0.1) is 5.82 Å². The van der Waals surface area contributed by atoms with Crippen molar-refractivity contribution in [3.05, 3.63) is 35.6 Å². The SMILES string of the molecule is NN=C(C=NO)c1ccccc1F. The molecule has 13 heavy (non-hydrogen) atoms. The van der Waals surface area contributed by atoms with Gasteiger partial charge in [-0.15, -0.1) is 0 Å². The van der Waals surface area contributed by atoms with E-state index in [0.717, 1.165) is 6.21 Å². The van der Waals surface area contributed by atoms with Crippen LogP contribution in [-0.4, -0.2) is 17.1 Å². The minimum atomic E-state index is -0.466. The lowest BCUT2D eigenvalue weighted by molar-refractivity contribution is 0.322. The predicted molar refractivity (Wildman–Crippen MR) is 47.4 cm³/mol. The third-order valence-electron chi connectivity index (χ3n) is 1.47. The van der Waals surface area contributed by atoms with E-state index in [1.54, 1.807) is 12.1 Å². The Morgan fingerprint density at radius 3 is 2.69 bits per heavy atom. The van der Waals surface area contributed by atoms with Gasteiger partial charge in [0.25, 0.3) is 0 Å². The van der Waals surface area contributed by atoms with Crippen molar-refractivity contribution < 1.29 is 9.60 Å². The summed E-state index contributed by atoms with van der Waals surface area (Å²) in [5, 5.41) is 14.2. The number of rotatable bonds is 2. The first-order valence-electron chi connectivity index (χ1n) is 3.50. The van der Waals surface area contributed by atoms with Crippen molar-refractivity contribution in [1.29, 1.82) is 0 Å². The van der Waals surface area contributed by atoms with E-state index in [2.05, 4.69) is 10.3 Å². The molecule has 0 atom stereocenters. The Labute approximate surface area is 74.2 Å². The van der Waals surface area contributed by atoms with Gasteiger partial charge in [-0.2, -0.15) is 5.10 Å². The van der Waals surface area contributed by atoms with Crippen LogP contribution in [0.3, 0.4) is 0 Å². The number of hydrogen-bond donors (Lipinski definition) is 2. The van der Waals surface area contributed by atoms with Gasteiger partial charge < -0.3 is 11.0 Å². The molecule has 0 heterocycles. The summed E-state index contributed by atoms with van der Waals surface area (Å²) < 4.78 is 13.1. The zero-order chi connectivity index (χ0) is 9.68. The fourth-order valence-corrected chi connectivity index (χ4v) is 0.896. The number of hydrazone groups is 1. The molecule has 1 aromatic rings. The molecule has 0 unspecified atom stereocenters. The first kappa shape index (κ1) is 9.18. The van der Waals surface area contributed by atoms with E-state index >= 15 is 0 Å². The van der Waals surface area contributed by atoms with Gasteiger partial charge in [0.1, 0.15) is 11.5 Å². The number of hydrogen-bond acceptors (Lipinski definition) is 4. The predicted octanol–water partition coefficient (Wildman–Crippen LogP) is 0.948. The van der Waals surface area contributed by atoms with Crippen LogP contribution >= 0.6 is 0 Å². The van der Waals surface area contributed by atoms with Crippen LogP contribution in [0.5, 0.6) is 0 Å². The minimum absolute atomic E-state index is 0.0839. The second-order valence-corrected chi connectivity index (χ2v) is 2.24. The van der Waals surface area contributed by atoms with E-state index in [1.807, 2.05) is 0 Å². The molecule has 1 aromatic carbocycles. The Kier molecular flexibility index (Phi) is 2.97. The number of oxime groups is 1. The number of halogens is 1. The molecule has 3 N–H and O–H groups in total. The van der Waals surface area contributed by atoms with Gasteiger partial charge in [0, 0.05) is 5.56 Å². The average Bonchev–Trinajstić information content (AvgIpc) is 2.16. The summed E-state index contributed by atoms with van der Waals surface area (Å²) in [6.45, 7) is 0. The first-order chi connectivity index (χ1) is 6.29. The van der Waals surface area contributed by atoms with Crippen molar-refractivity contribution in [3.8, 4) is 0 Å². The van der Waals surface area contributed by atoms with E-state index in [4.69, 9.17) is 11.0 Å². The maximum absolute atomic E-state index is 13.1. The van der Waals surface area contributed by atoms with Gasteiger partial charge in [-0.25, -0.2) is 4.39 Å². The summed E-state index contributed by atoms with van der Waals surface area (Å²) in [5.74, 6) is 4.51. The highest BCUT2D eigenvalue weighted by Crippen LogP contribution is 2.06. The van der Waals surface area contributed by atoms with Crippen molar-refractivity contribution >= 4 is 11.9 Å². The molecule has 0 spiro atoms. The third kappa shape index (κ3) is 2.02. The molecule has 0 fully saturated rings. The Bertz CT molecular complexity index is 349. The summed E-state index contributed by atoms with van der Waals surface area (Å²) in [6.07, 6.45) is 0.971. The Balaban J connectivity index is 3.13. The third-order valence-corrected chi connectivity index (χ3v) is 1.47. The molecule has 0 aliphatic heterocycles. The Morgan fingerprint density at radius 1 is 1.46 bits per heavy atom. The van der Waals surface area contributed by atoms with Crippen LogP contribution in [0.25, 0.3) is 0 Å². The highest BCUT2D eigenvalue weighted by molar-refractivity contribution is 6.38. The smallest absolute Gasteiger partial charge is 0.132 e. The number of nitrogens with two attached hydrogens (primary N) is 1. The van der Waals surface area contributed by atoms with Crippen molar-refractivity contribution in [3.63, 3.8) is 0 Å². The minimum Gasteiger partial charge on any atom is -0.411 e. The quantitative estimate of drug-likeness (QED) is 0.308. The highest BCUT2D eigenvalue weighted by Gasteiger charge is 2.05. The molecule has 4 nitrogen and oxygen atoms in total. The molecule has 0 saturated carbocycles. The molecule has 0 aliphatic rings. The maximum Gasteiger partial charge on any atom is 0.132 e. The van der Waals surface area contributed by atoms with Crippen molar-refractivity contribution in [1.82, 2.24) is 0 Å². The van der Waals surface area contributed by atoms with Crippen LogP contribution in [0.2, 0.25) is 0 Å². The zero-order valence-electron chi connectivity index (χ0n) is 6.68. The van der Waals surface area contributed by atoms with E-state index in [1.165, 1.54) is 12.1 Å². The summed E-state index contributed by atoms with van der Waals surface area (Å²) in [7, 11) is 0. The van der Waals surface area contributed by atoms with Crippen LogP contribution in [0.4, 0.5) is 4.39 Å². The summed E-state index contributed by atoms with van der Waals surface area (Å²) in [5.41, 5.74) is 0.281. The fraction of sp³-hybridized carbons (Fsp3) is 0. The molecule has 68 valence electrons. The largest absolute Gasteiger partial charge is 0.411 e. The summed E-state index contributed by atoms with van der Waals surface area (Å²) >= 11 is 0. The lowest BCUT2D eigenvalue weighted by atomic mass is 10.1. The molecule has 0 aromatic heterocycles. The molecular weight excluding hydrogens is 173 g/mol. The van der Waals surface area contributed by atoms with Crippen LogP contribution in [0.1, 0.15) is 5.56 Å². The molecule has 1 rings (SSSR count). The second kappa shape index (κ2) is 4.20. The topological polar surface area (TPSA) is 71.0 Å². The van der Waals surface area contributed by atoms with Crippen molar-refractivity contribution in [2.24, 2.45) is 16.1 Å². The molecule has 0 radical (unpaired) electrons. The highest BCUT2D eigenvalue weighted by atomic mass is 19.1. The van der Waals surface area contributed by atoms with Gasteiger partial charge in [0.05, 0.1) is 6.21 Å². The number of nitrogens with zero attached hydrogens (tertiary/aromatic N) is 2. The van der Waals surface area contributed by atoms with Gasteiger partial charge in [0.2, 0.25) is 0 Å². The van der Waals surface area contributed by atoms with Crippen molar-refractivity contribution in [2.45, 2.75) is 0 Å². The zero-order valence-corrected chi connectivity index (χ0v) is 6.68. The number of benzene rings is 1. The first-order valence-corrected chi connectivity index (χ1v) is 3.50. The molecule has 5 heteroatoms. The molecule has 0 saturated heterocycles. The molecule has 0 amide bonds. The standard InChI is InChI=1S/C8H8FN3O/c9-7-4-2-1-3-6(7)8(12-10)5-11-13/h1-5,13H,10H2. The van der Waals surface area contributed by atoms with Gasteiger partial charge in [-0.3, -0.25) is 0 Å². The lowest BCUT2D eigenvalue weighted by Crippen LogP contribution is -2.08. The maximum atomic E-state index is 13.1. The van der Waals surface area contributed by atoms with E-state index in [9.17, 15) is 4.39 Å². The van der Waals surface area contributed by atoms with Crippen LogP contribution in [0.15, 0.2) is 34.5 Å². The molecule has 0 bridgehead atoms. The van der Waals surface area contributed by atoms with Gasteiger partial charge in [-0.05, 0) is 12.1 Å². The van der Waals surface area contributed by atoms with E-state index in [-0.39, 0.29) is 11.3 Å². The monoisotopic (exact) mass is 181 g/mol. The van der Waals surface area contributed by atoms with Crippen molar-refractivity contribution in [2.75, 3.05) is 0 Å². The summed E-state index contributed by atoms with van der Waals surface area (Å²) in [4.78, 5) is 0. The lowest BCUT2D eigenvalue weighted by Gasteiger charge is -1.99. The van der Waals surface area contributed by atoms with E-state index < -0.39 is 5.82 Å². The summed E-state index contributed by atoms with van der Waals surface area (Å²) in [6, 6.07) is 5.94. The Morgan fingerprint density at radius 2 is 2.15 bits per heavy atom. The fourth-order valence-electron chi connectivity index (χ4n) is 0.896. The molecular formula is C8H8FN3O.